The molecule has 0 saturated carbocycles. The highest BCUT2D eigenvalue weighted by Crippen LogP contribution is 2.02. The molecule has 0 N–H and O–H groups in total. The van der Waals surface area contributed by atoms with Gasteiger partial charge in [-0.25, -0.2) is 14.6 Å². The second-order valence-corrected chi connectivity index (χ2v) is 3.47. The lowest BCUT2D eigenvalue weighted by atomic mass is 10.2. The molecule has 17 heavy (non-hydrogen) atoms. The van der Waals surface area contributed by atoms with Gasteiger partial charge in [-0.05, 0) is 19.8 Å². The van der Waals surface area contributed by atoms with Crippen LogP contribution in [-0.4, -0.2) is 31.5 Å². The number of aliphatic imine (C=N–C) groups is 1. The monoisotopic (exact) mass is 241 g/mol. The molecule has 1 unspecified atom stereocenters. The number of esters is 1. The van der Waals surface area contributed by atoms with Crippen molar-refractivity contribution in [3.63, 3.8) is 0 Å². The van der Waals surface area contributed by atoms with E-state index in [1.807, 2.05) is 0 Å². The van der Waals surface area contributed by atoms with Crippen LogP contribution in [0.3, 0.4) is 0 Å². The second kappa shape index (κ2) is 11.0. The highest BCUT2D eigenvalue weighted by atomic mass is 16.7. The average molecular weight is 241 g/mol. The molecule has 0 aliphatic carbocycles. The Balaban J connectivity index is 3.29. The number of carbonyl (C=O) groups excluding carboxylic acids is 2. The molecule has 0 aliphatic heterocycles. The summed E-state index contributed by atoms with van der Waals surface area (Å²) in [5, 5.41) is 0. The predicted molar refractivity (Wildman–Crippen MR) is 63.2 cm³/mol. The molecule has 0 rings (SSSR count). The SMILES string of the molecule is C=CC(=O)OC(C)OCCCCCCN=C=O. The maximum absolute atomic E-state index is 10.8. The highest BCUT2D eigenvalue weighted by molar-refractivity contribution is 5.81. The van der Waals surface area contributed by atoms with Gasteiger partial charge in [-0.2, -0.15) is 0 Å². The number of nitrogens with zero attached hydrogens (tertiary/aromatic N) is 1. The van der Waals surface area contributed by atoms with Crippen LogP contribution in [0, 0.1) is 0 Å². The van der Waals surface area contributed by atoms with Crippen LogP contribution in [0.5, 0.6) is 0 Å². The minimum Gasteiger partial charge on any atom is -0.433 e. The molecule has 5 nitrogen and oxygen atoms in total. The van der Waals surface area contributed by atoms with Crippen molar-refractivity contribution < 1.29 is 19.1 Å². The van der Waals surface area contributed by atoms with Gasteiger partial charge in [0.15, 0.2) is 6.29 Å². The molecule has 0 spiro atoms. The van der Waals surface area contributed by atoms with Gasteiger partial charge in [0.25, 0.3) is 0 Å². The first-order valence-electron chi connectivity index (χ1n) is 5.69. The minimum atomic E-state index is -0.542. The van der Waals surface area contributed by atoms with Crippen LogP contribution in [0.15, 0.2) is 17.6 Å². The standard InChI is InChI=1S/C12H19NO4/c1-3-12(15)17-11(2)16-9-7-5-4-6-8-13-10-14/h3,11H,1,4-9H2,2H3. The van der Waals surface area contributed by atoms with Crippen molar-refractivity contribution in [2.45, 2.75) is 38.9 Å². The van der Waals surface area contributed by atoms with Crippen LogP contribution in [-0.2, 0) is 19.1 Å². The van der Waals surface area contributed by atoms with E-state index in [4.69, 9.17) is 9.47 Å². The largest absolute Gasteiger partial charge is 0.433 e. The molecule has 0 heterocycles. The normalized spacial score (nSPS) is 11.4. The Bertz CT molecular complexity index is 272. The first-order valence-corrected chi connectivity index (χ1v) is 5.69. The van der Waals surface area contributed by atoms with E-state index in [0.29, 0.717) is 13.2 Å². The summed E-state index contributed by atoms with van der Waals surface area (Å²) in [6, 6.07) is 0. The van der Waals surface area contributed by atoms with E-state index >= 15 is 0 Å². The molecule has 0 aromatic rings. The summed E-state index contributed by atoms with van der Waals surface area (Å²) < 4.78 is 10.1. The van der Waals surface area contributed by atoms with E-state index in [2.05, 4.69) is 11.6 Å². The van der Waals surface area contributed by atoms with E-state index in [0.717, 1.165) is 31.8 Å². The van der Waals surface area contributed by atoms with Gasteiger partial charge < -0.3 is 9.47 Å². The Hall–Kier alpha value is -1.45. The fourth-order valence-corrected chi connectivity index (χ4v) is 1.19. The average Bonchev–Trinajstić information content (AvgIpc) is 2.32. The van der Waals surface area contributed by atoms with Crippen molar-refractivity contribution in [1.29, 1.82) is 0 Å². The Morgan fingerprint density at radius 3 is 2.76 bits per heavy atom. The molecular weight excluding hydrogens is 222 g/mol. The lowest BCUT2D eigenvalue weighted by Gasteiger charge is -2.12. The number of ether oxygens (including phenoxy) is 2. The van der Waals surface area contributed by atoms with Crippen molar-refractivity contribution in [1.82, 2.24) is 0 Å². The zero-order valence-corrected chi connectivity index (χ0v) is 10.2. The first-order chi connectivity index (χ1) is 8.20. The number of carbonyl (C=O) groups is 1. The number of hydrogen-bond acceptors (Lipinski definition) is 5. The maximum atomic E-state index is 10.8. The Kier molecular flexibility index (Phi) is 10.1. The number of rotatable bonds is 10. The summed E-state index contributed by atoms with van der Waals surface area (Å²) in [6.45, 7) is 6.04. The first kappa shape index (κ1) is 15.6. The van der Waals surface area contributed by atoms with Crippen molar-refractivity contribution in [3.05, 3.63) is 12.7 Å². The molecule has 0 fully saturated rings. The zero-order chi connectivity index (χ0) is 12.9. The summed E-state index contributed by atoms with van der Waals surface area (Å²) in [5.74, 6) is -0.482. The van der Waals surface area contributed by atoms with Gasteiger partial charge in [-0.1, -0.05) is 19.4 Å². The van der Waals surface area contributed by atoms with Crippen LogP contribution in [0.2, 0.25) is 0 Å². The molecule has 0 aromatic heterocycles. The fraction of sp³-hybridized carbons (Fsp3) is 0.667. The lowest BCUT2D eigenvalue weighted by molar-refractivity contribution is -0.168. The number of isocyanates is 1. The molecule has 96 valence electrons. The lowest BCUT2D eigenvalue weighted by Crippen LogP contribution is -2.17. The molecule has 0 radical (unpaired) electrons. The minimum absolute atomic E-state index is 0.482. The second-order valence-electron chi connectivity index (χ2n) is 3.47. The Morgan fingerprint density at radius 1 is 1.41 bits per heavy atom. The third-order valence-electron chi connectivity index (χ3n) is 2.03. The number of unbranched alkanes of at least 4 members (excludes halogenated alkanes) is 3. The van der Waals surface area contributed by atoms with E-state index < -0.39 is 12.3 Å². The smallest absolute Gasteiger partial charge is 0.332 e. The van der Waals surface area contributed by atoms with Crippen LogP contribution in [0.4, 0.5) is 0 Å². The van der Waals surface area contributed by atoms with Gasteiger partial charge in [0.2, 0.25) is 6.08 Å². The Labute approximate surface area is 102 Å². The van der Waals surface area contributed by atoms with Gasteiger partial charge in [0.05, 0.1) is 13.2 Å². The molecule has 0 saturated heterocycles. The number of hydrogen-bond donors (Lipinski definition) is 0. The molecular formula is C12H19NO4. The van der Waals surface area contributed by atoms with Gasteiger partial charge >= 0.3 is 5.97 Å². The van der Waals surface area contributed by atoms with Crippen molar-refractivity contribution in [2.75, 3.05) is 13.2 Å². The van der Waals surface area contributed by atoms with Crippen LogP contribution < -0.4 is 0 Å². The Morgan fingerprint density at radius 2 is 2.12 bits per heavy atom. The van der Waals surface area contributed by atoms with Crippen LogP contribution in [0.25, 0.3) is 0 Å². The summed E-state index contributed by atoms with van der Waals surface area (Å²) in [4.78, 5) is 24.0. The van der Waals surface area contributed by atoms with E-state index in [-0.39, 0.29) is 0 Å². The quantitative estimate of drug-likeness (QED) is 0.146. The predicted octanol–water partition coefficient (Wildman–Crippen LogP) is 1.97. The van der Waals surface area contributed by atoms with Crippen molar-refractivity contribution in [2.24, 2.45) is 4.99 Å². The van der Waals surface area contributed by atoms with Crippen molar-refractivity contribution >= 4 is 12.0 Å². The van der Waals surface area contributed by atoms with Crippen molar-refractivity contribution in [3.8, 4) is 0 Å². The van der Waals surface area contributed by atoms with Gasteiger partial charge in [0.1, 0.15) is 0 Å². The molecule has 0 aliphatic rings. The van der Waals surface area contributed by atoms with E-state index in [9.17, 15) is 9.59 Å². The van der Waals surface area contributed by atoms with Gasteiger partial charge in [-0.15, -0.1) is 0 Å². The van der Waals surface area contributed by atoms with Crippen LogP contribution in [0.1, 0.15) is 32.6 Å². The molecule has 5 heteroatoms. The zero-order valence-electron chi connectivity index (χ0n) is 10.2. The summed E-state index contributed by atoms with van der Waals surface area (Å²) in [5.41, 5.74) is 0. The molecule has 0 aromatic carbocycles. The third-order valence-corrected chi connectivity index (χ3v) is 2.03. The van der Waals surface area contributed by atoms with Gasteiger partial charge in [-0.3, -0.25) is 0 Å². The topological polar surface area (TPSA) is 65.0 Å². The highest BCUT2D eigenvalue weighted by Gasteiger charge is 2.05. The summed E-state index contributed by atoms with van der Waals surface area (Å²) in [6.07, 6.45) is 5.83. The summed E-state index contributed by atoms with van der Waals surface area (Å²) >= 11 is 0. The van der Waals surface area contributed by atoms with E-state index in [1.54, 1.807) is 6.92 Å². The molecule has 1 atom stereocenters. The van der Waals surface area contributed by atoms with Gasteiger partial charge in [0, 0.05) is 6.08 Å². The molecule has 0 bridgehead atoms. The maximum Gasteiger partial charge on any atom is 0.332 e. The van der Waals surface area contributed by atoms with E-state index in [1.165, 1.54) is 6.08 Å². The van der Waals surface area contributed by atoms with Crippen LogP contribution >= 0.6 is 0 Å². The fourth-order valence-electron chi connectivity index (χ4n) is 1.19. The molecule has 0 amide bonds. The summed E-state index contributed by atoms with van der Waals surface area (Å²) in [7, 11) is 0. The third kappa shape index (κ3) is 10.8.